The van der Waals surface area contributed by atoms with Gasteiger partial charge in [-0.2, -0.15) is 0 Å². The SMILES string of the molecule is CCCC1CC(=O)NC2CC(NC(=O)c3ccc4ccccc4n3)CCC12. The van der Waals surface area contributed by atoms with Gasteiger partial charge in [0, 0.05) is 23.9 Å². The van der Waals surface area contributed by atoms with E-state index < -0.39 is 0 Å². The second-order valence-corrected chi connectivity index (χ2v) is 7.96. The van der Waals surface area contributed by atoms with Crippen LogP contribution in [0.15, 0.2) is 36.4 Å². The van der Waals surface area contributed by atoms with Crippen molar-refractivity contribution in [2.45, 2.75) is 57.5 Å². The molecule has 0 spiro atoms. The van der Waals surface area contributed by atoms with Crippen molar-refractivity contribution in [1.29, 1.82) is 0 Å². The Kier molecular flexibility index (Phi) is 5.10. The quantitative estimate of drug-likeness (QED) is 0.872. The lowest BCUT2D eigenvalue weighted by atomic mass is 9.70. The number of benzene rings is 1. The summed E-state index contributed by atoms with van der Waals surface area (Å²) in [5.41, 5.74) is 1.28. The third-order valence-corrected chi connectivity index (χ3v) is 6.13. The van der Waals surface area contributed by atoms with E-state index in [2.05, 4.69) is 22.5 Å². The summed E-state index contributed by atoms with van der Waals surface area (Å²) in [5, 5.41) is 7.34. The summed E-state index contributed by atoms with van der Waals surface area (Å²) in [5.74, 6) is 1.08. The van der Waals surface area contributed by atoms with Gasteiger partial charge in [0.05, 0.1) is 5.52 Å². The van der Waals surface area contributed by atoms with Crippen LogP contribution in [0, 0.1) is 11.8 Å². The molecule has 5 heteroatoms. The van der Waals surface area contributed by atoms with Crippen molar-refractivity contribution in [3.8, 4) is 0 Å². The van der Waals surface area contributed by atoms with Gasteiger partial charge in [-0.1, -0.05) is 37.6 Å². The third-order valence-electron chi connectivity index (χ3n) is 6.13. The van der Waals surface area contributed by atoms with Gasteiger partial charge in [-0.15, -0.1) is 0 Å². The van der Waals surface area contributed by atoms with Gasteiger partial charge in [0.15, 0.2) is 0 Å². The molecule has 2 fully saturated rings. The number of amides is 2. The molecule has 1 aromatic heterocycles. The first-order chi connectivity index (χ1) is 13.1. The molecule has 5 nitrogen and oxygen atoms in total. The Labute approximate surface area is 159 Å². The number of nitrogens with one attached hydrogen (secondary N) is 2. The Balaban J connectivity index is 1.42. The smallest absolute Gasteiger partial charge is 0.270 e. The highest BCUT2D eigenvalue weighted by atomic mass is 16.2. The second kappa shape index (κ2) is 7.67. The van der Waals surface area contributed by atoms with Crippen LogP contribution in [0.25, 0.3) is 10.9 Å². The van der Waals surface area contributed by atoms with Crippen molar-refractivity contribution in [2.75, 3.05) is 0 Å². The van der Waals surface area contributed by atoms with Gasteiger partial charge in [-0.3, -0.25) is 9.59 Å². The van der Waals surface area contributed by atoms with Gasteiger partial charge in [0.2, 0.25) is 5.91 Å². The van der Waals surface area contributed by atoms with Crippen molar-refractivity contribution in [3.05, 3.63) is 42.1 Å². The fourth-order valence-corrected chi connectivity index (χ4v) is 4.85. The molecule has 0 radical (unpaired) electrons. The summed E-state index contributed by atoms with van der Waals surface area (Å²) in [4.78, 5) is 29.2. The molecule has 1 aromatic carbocycles. The Hall–Kier alpha value is -2.43. The molecule has 0 bridgehead atoms. The molecule has 142 valence electrons. The fraction of sp³-hybridized carbons (Fsp3) is 0.500. The number of carbonyl (C=O) groups excluding carboxylic acids is 2. The minimum Gasteiger partial charge on any atom is -0.353 e. The van der Waals surface area contributed by atoms with Crippen molar-refractivity contribution in [2.24, 2.45) is 11.8 Å². The summed E-state index contributed by atoms with van der Waals surface area (Å²) in [7, 11) is 0. The predicted molar refractivity (Wildman–Crippen MR) is 105 cm³/mol. The minimum atomic E-state index is -0.128. The summed E-state index contributed by atoms with van der Waals surface area (Å²) in [6.07, 6.45) is 5.74. The van der Waals surface area contributed by atoms with E-state index in [-0.39, 0.29) is 23.9 Å². The topological polar surface area (TPSA) is 71.1 Å². The standard InChI is InChI=1S/C22H27N3O2/c1-2-5-15-12-21(26)25-20-13-16(9-10-17(15)20)23-22(27)19-11-8-14-6-3-4-7-18(14)24-19/h3-4,6-8,11,15-17,20H,2,5,9-10,12-13H2,1H3,(H,23,27)(H,25,26). The van der Waals surface area contributed by atoms with Crippen LogP contribution in [0.1, 0.15) is 55.9 Å². The number of hydrogen-bond donors (Lipinski definition) is 2. The van der Waals surface area contributed by atoms with Crippen LogP contribution in [0.4, 0.5) is 0 Å². The van der Waals surface area contributed by atoms with Crippen LogP contribution in [-0.2, 0) is 4.79 Å². The first-order valence-electron chi connectivity index (χ1n) is 10.1. The van der Waals surface area contributed by atoms with E-state index in [4.69, 9.17) is 0 Å². The maximum Gasteiger partial charge on any atom is 0.270 e. The van der Waals surface area contributed by atoms with E-state index in [1.54, 1.807) is 6.07 Å². The maximum absolute atomic E-state index is 12.7. The first kappa shape index (κ1) is 18.0. The molecular weight excluding hydrogens is 338 g/mol. The average molecular weight is 365 g/mol. The Bertz CT molecular complexity index is 850. The van der Waals surface area contributed by atoms with Crippen LogP contribution in [0.2, 0.25) is 0 Å². The van der Waals surface area contributed by atoms with Crippen molar-refractivity contribution in [3.63, 3.8) is 0 Å². The molecule has 1 aliphatic carbocycles. The molecule has 27 heavy (non-hydrogen) atoms. The molecule has 4 unspecified atom stereocenters. The zero-order valence-corrected chi connectivity index (χ0v) is 15.8. The highest BCUT2D eigenvalue weighted by Crippen LogP contribution is 2.37. The number of nitrogens with zero attached hydrogens (tertiary/aromatic N) is 1. The molecule has 2 N–H and O–H groups in total. The van der Waals surface area contributed by atoms with Crippen LogP contribution < -0.4 is 10.6 Å². The number of fused-ring (bicyclic) bond motifs is 2. The van der Waals surface area contributed by atoms with Crippen molar-refractivity contribution >= 4 is 22.7 Å². The molecule has 1 aliphatic heterocycles. The maximum atomic E-state index is 12.7. The largest absolute Gasteiger partial charge is 0.353 e. The lowest BCUT2D eigenvalue weighted by molar-refractivity contribution is -0.127. The van der Waals surface area contributed by atoms with E-state index >= 15 is 0 Å². The molecule has 1 saturated heterocycles. The fourth-order valence-electron chi connectivity index (χ4n) is 4.85. The van der Waals surface area contributed by atoms with Crippen molar-refractivity contribution < 1.29 is 9.59 Å². The average Bonchev–Trinajstić information content (AvgIpc) is 2.67. The summed E-state index contributed by atoms with van der Waals surface area (Å²) < 4.78 is 0. The van der Waals surface area contributed by atoms with Crippen LogP contribution >= 0.6 is 0 Å². The lowest BCUT2D eigenvalue weighted by Crippen LogP contribution is -2.55. The number of aromatic nitrogens is 1. The van der Waals surface area contributed by atoms with Gasteiger partial charge in [-0.25, -0.2) is 4.98 Å². The molecule has 1 saturated carbocycles. The number of carbonyl (C=O) groups is 2. The number of para-hydroxylation sites is 1. The summed E-state index contributed by atoms with van der Waals surface area (Å²) in [6, 6.07) is 11.8. The second-order valence-electron chi connectivity index (χ2n) is 7.96. The monoisotopic (exact) mass is 365 g/mol. The van der Waals surface area contributed by atoms with Crippen LogP contribution in [0.5, 0.6) is 0 Å². The van der Waals surface area contributed by atoms with Gasteiger partial charge in [0.1, 0.15) is 5.69 Å². The van der Waals surface area contributed by atoms with Gasteiger partial charge >= 0.3 is 0 Å². The zero-order chi connectivity index (χ0) is 18.8. The molecule has 2 aliphatic rings. The Morgan fingerprint density at radius 1 is 1.22 bits per heavy atom. The molecule has 4 atom stereocenters. The van der Waals surface area contributed by atoms with Crippen molar-refractivity contribution in [1.82, 2.24) is 15.6 Å². The molecule has 2 heterocycles. The van der Waals surface area contributed by atoms with Gasteiger partial charge < -0.3 is 10.6 Å². The van der Waals surface area contributed by atoms with E-state index in [1.165, 1.54) is 0 Å². The lowest BCUT2D eigenvalue weighted by Gasteiger charge is -2.44. The van der Waals surface area contributed by atoms with Crippen LogP contribution in [0.3, 0.4) is 0 Å². The molecule has 4 rings (SSSR count). The molecule has 2 aromatic rings. The molecular formula is C22H27N3O2. The number of piperidine rings is 1. The highest BCUT2D eigenvalue weighted by Gasteiger charge is 2.40. The first-order valence-corrected chi connectivity index (χ1v) is 10.1. The van der Waals surface area contributed by atoms with E-state index in [1.807, 2.05) is 30.3 Å². The van der Waals surface area contributed by atoms with Gasteiger partial charge in [0.25, 0.3) is 5.91 Å². The molecule has 2 amide bonds. The highest BCUT2D eigenvalue weighted by molar-refractivity contribution is 5.95. The van der Waals surface area contributed by atoms with E-state index in [0.29, 0.717) is 24.0 Å². The Morgan fingerprint density at radius 3 is 2.93 bits per heavy atom. The normalized spacial score (nSPS) is 27.7. The zero-order valence-electron chi connectivity index (χ0n) is 15.8. The third kappa shape index (κ3) is 3.82. The minimum absolute atomic E-state index is 0.0905. The van der Waals surface area contributed by atoms with Gasteiger partial charge in [-0.05, 0) is 49.7 Å². The number of hydrogen-bond acceptors (Lipinski definition) is 3. The number of pyridine rings is 1. The van der Waals surface area contributed by atoms with E-state index in [9.17, 15) is 9.59 Å². The van der Waals surface area contributed by atoms with Crippen LogP contribution in [-0.4, -0.2) is 28.9 Å². The van der Waals surface area contributed by atoms with E-state index in [0.717, 1.165) is 43.0 Å². The number of rotatable bonds is 4. The summed E-state index contributed by atoms with van der Waals surface area (Å²) in [6.45, 7) is 2.18. The summed E-state index contributed by atoms with van der Waals surface area (Å²) >= 11 is 0. The predicted octanol–water partition coefficient (Wildman–Crippen LogP) is 3.44. The Morgan fingerprint density at radius 2 is 2.07 bits per heavy atom.